The molecule has 0 aliphatic heterocycles. The second-order valence-corrected chi connectivity index (χ2v) is 7.58. The zero-order valence-corrected chi connectivity index (χ0v) is 17.9. The van der Waals surface area contributed by atoms with E-state index in [2.05, 4.69) is 26.3 Å². The molecule has 1 amide bonds. The van der Waals surface area contributed by atoms with Crippen LogP contribution in [0.5, 0.6) is 5.75 Å². The van der Waals surface area contributed by atoms with Crippen molar-refractivity contribution < 1.29 is 9.53 Å². The molecule has 5 nitrogen and oxygen atoms in total. The number of aromatic nitrogens is 2. The molecule has 0 radical (unpaired) electrons. The van der Waals surface area contributed by atoms with Gasteiger partial charge in [0, 0.05) is 18.9 Å². The van der Waals surface area contributed by atoms with Crippen LogP contribution in [-0.2, 0) is 13.6 Å². The van der Waals surface area contributed by atoms with Crippen molar-refractivity contribution >= 4 is 21.8 Å². The van der Waals surface area contributed by atoms with Crippen LogP contribution < -0.4 is 10.1 Å². The Hall–Kier alpha value is -1.82. The van der Waals surface area contributed by atoms with E-state index in [1.807, 2.05) is 31.2 Å². The maximum atomic E-state index is 12.3. The van der Waals surface area contributed by atoms with Crippen LogP contribution in [0.15, 0.2) is 30.3 Å². The van der Waals surface area contributed by atoms with Gasteiger partial charge in [-0.1, -0.05) is 53.7 Å². The average Bonchev–Trinajstić information content (AvgIpc) is 3.00. The van der Waals surface area contributed by atoms with Crippen molar-refractivity contribution in [3.63, 3.8) is 0 Å². The molecule has 27 heavy (non-hydrogen) atoms. The van der Waals surface area contributed by atoms with E-state index in [0.29, 0.717) is 12.2 Å². The Kier molecular flexibility index (Phi) is 9.39. The van der Waals surface area contributed by atoms with Gasteiger partial charge in [0.15, 0.2) is 0 Å². The Morgan fingerprint density at radius 2 is 1.89 bits per heavy atom. The summed E-state index contributed by atoms with van der Waals surface area (Å²) in [5, 5.41) is 8.25. The summed E-state index contributed by atoms with van der Waals surface area (Å²) < 4.78 is 7.46. The molecule has 0 saturated carbocycles. The maximum absolute atomic E-state index is 12.3. The molecule has 0 bridgehead atoms. The van der Waals surface area contributed by atoms with Crippen molar-refractivity contribution in [1.82, 2.24) is 15.1 Å². The summed E-state index contributed by atoms with van der Waals surface area (Å²) in [5.41, 5.74) is 2.42. The summed E-state index contributed by atoms with van der Waals surface area (Å²) in [6.07, 6.45) is 7.43. The number of hydrogen-bond acceptors (Lipinski definition) is 3. The minimum atomic E-state index is -0.121. The van der Waals surface area contributed by atoms with Crippen molar-refractivity contribution in [3.8, 4) is 5.75 Å². The molecule has 2 rings (SSSR count). The largest absolute Gasteiger partial charge is 0.494 e. The first-order valence-electron chi connectivity index (χ1n) is 9.66. The summed E-state index contributed by atoms with van der Waals surface area (Å²) in [4.78, 5) is 12.3. The molecule has 2 aromatic rings. The lowest BCUT2D eigenvalue weighted by Crippen LogP contribution is -2.25. The van der Waals surface area contributed by atoms with E-state index >= 15 is 0 Å². The number of halogens is 1. The van der Waals surface area contributed by atoms with Crippen LogP contribution in [0.3, 0.4) is 0 Å². The number of nitrogens with one attached hydrogen (secondary N) is 1. The predicted molar refractivity (Wildman–Crippen MR) is 113 cm³/mol. The fourth-order valence-corrected chi connectivity index (χ4v) is 3.33. The Morgan fingerprint density at radius 1 is 1.15 bits per heavy atom. The van der Waals surface area contributed by atoms with Gasteiger partial charge in [0.1, 0.15) is 11.4 Å². The van der Waals surface area contributed by atoms with Crippen molar-refractivity contribution in [3.05, 3.63) is 47.3 Å². The SMILES string of the molecule is Cc1cc(C(=O)NCc2cccc(OCCCCCCCCBr)c2)n(C)n1. The molecule has 1 heterocycles. The van der Waals surface area contributed by atoms with E-state index in [4.69, 9.17) is 4.74 Å². The first kappa shape index (κ1) is 21.5. The number of rotatable bonds is 12. The van der Waals surface area contributed by atoms with Gasteiger partial charge >= 0.3 is 0 Å². The van der Waals surface area contributed by atoms with E-state index in [1.54, 1.807) is 17.8 Å². The van der Waals surface area contributed by atoms with Crippen molar-refractivity contribution in [2.75, 3.05) is 11.9 Å². The smallest absolute Gasteiger partial charge is 0.269 e. The maximum Gasteiger partial charge on any atom is 0.269 e. The van der Waals surface area contributed by atoms with Crippen LogP contribution >= 0.6 is 15.9 Å². The summed E-state index contributed by atoms with van der Waals surface area (Å²) in [6, 6.07) is 9.70. The number of ether oxygens (including phenoxy) is 1. The standard InChI is InChI=1S/C21H30BrN3O2/c1-17-14-20(25(2)24-17)21(26)23-16-18-10-9-11-19(15-18)27-13-8-6-4-3-5-7-12-22/h9-11,14-15H,3-8,12-13,16H2,1-2H3,(H,23,26). The van der Waals surface area contributed by atoms with E-state index in [1.165, 1.54) is 32.1 Å². The predicted octanol–water partition coefficient (Wildman–Crippen LogP) is 4.77. The third kappa shape index (κ3) is 7.75. The molecule has 0 aliphatic rings. The lowest BCUT2D eigenvalue weighted by atomic mass is 10.1. The fourth-order valence-electron chi connectivity index (χ4n) is 2.93. The van der Waals surface area contributed by atoms with E-state index < -0.39 is 0 Å². The lowest BCUT2D eigenvalue weighted by molar-refractivity contribution is 0.0941. The topological polar surface area (TPSA) is 56.1 Å². The number of carbonyl (C=O) groups is 1. The lowest BCUT2D eigenvalue weighted by Gasteiger charge is -2.09. The normalized spacial score (nSPS) is 10.8. The minimum Gasteiger partial charge on any atom is -0.494 e. The number of hydrogen-bond donors (Lipinski definition) is 1. The van der Waals surface area contributed by atoms with Crippen LogP contribution in [0.1, 0.15) is 60.3 Å². The van der Waals surface area contributed by atoms with Crippen LogP contribution in [0, 0.1) is 6.92 Å². The molecule has 1 aromatic heterocycles. The molecule has 148 valence electrons. The number of nitrogens with zero attached hydrogens (tertiary/aromatic N) is 2. The first-order chi connectivity index (χ1) is 13.1. The van der Waals surface area contributed by atoms with Gasteiger partial charge in [-0.25, -0.2) is 0 Å². The molecule has 6 heteroatoms. The summed E-state index contributed by atoms with van der Waals surface area (Å²) in [6.45, 7) is 3.08. The molecule has 0 aliphatic carbocycles. The molecule has 0 unspecified atom stereocenters. The zero-order valence-electron chi connectivity index (χ0n) is 16.3. The molecule has 1 aromatic carbocycles. The minimum absolute atomic E-state index is 0.121. The number of aryl methyl sites for hydroxylation is 2. The number of unbranched alkanes of at least 4 members (excludes halogenated alkanes) is 5. The first-order valence-corrected chi connectivity index (χ1v) is 10.8. The summed E-state index contributed by atoms with van der Waals surface area (Å²) >= 11 is 3.46. The van der Waals surface area contributed by atoms with Gasteiger partial charge in [0.05, 0.1) is 12.3 Å². The van der Waals surface area contributed by atoms with Gasteiger partial charge < -0.3 is 10.1 Å². The highest BCUT2D eigenvalue weighted by molar-refractivity contribution is 9.09. The highest BCUT2D eigenvalue weighted by atomic mass is 79.9. The third-order valence-corrected chi connectivity index (χ3v) is 4.94. The quantitative estimate of drug-likeness (QED) is 0.385. The summed E-state index contributed by atoms with van der Waals surface area (Å²) in [7, 11) is 1.78. The van der Waals surface area contributed by atoms with Crippen molar-refractivity contribution in [2.45, 2.75) is 52.0 Å². The highest BCUT2D eigenvalue weighted by Gasteiger charge is 2.11. The van der Waals surface area contributed by atoms with Gasteiger partial charge in [0.2, 0.25) is 0 Å². The van der Waals surface area contributed by atoms with Crippen LogP contribution in [-0.4, -0.2) is 27.6 Å². The second kappa shape index (κ2) is 11.8. The van der Waals surface area contributed by atoms with Gasteiger partial charge in [-0.2, -0.15) is 5.10 Å². The van der Waals surface area contributed by atoms with E-state index in [-0.39, 0.29) is 5.91 Å². The molecule has 1 N–H and O–H groups in total. The van der Waals surface area contributed by atoms with Crippen molar-refractivity contribution in [1.29, 1.82) is 0 Å². The third-order valence-electron chi connectivity index (χ3n) is 4.38. The Morgan fingerprint density at radius 3 is 2.59 bits per heavy atom. The Bertz CT molecular complexity index is 715. The summed E-state index contributed by atoms with van der Waals surface area (Å²) in [5.74, 6) is 0.738. The number of amides is 1. The van der Waals surface area contributed by atoms with E-state index in [9.17, 15) is 4.79 Å². The van der Waals surface area contributed by atoms with Crippen LogP contribution in [0.2, 0.25) is 0 Å². The van der Waals surface area contributed by atoms with Gasteiger partial charge in [-0.05, 0) is 43.5 Å². The van der Waals surface area contributed by atoms with E-state index in [0.717, 1.165) is 35.4 Å². The number of carbonyl (C=O) groups excluding carboxylic acids is 1. The van der Waals surface area contributed by atoms with Crippen LogP contribution in [0.25, 0.3) is 0 Å². The van der Waals surface area contributed by atoms with Gasteiger partial charge in [0.25, 0.3) is 5.91 Å². The molecule has 0 fully saturated rings. The highest BCUT2D eigenvalue weighted by Crippen LogP contribution is 2.15. The van der Waals surface area contributed by atoms with Crippen molar-refractivity contribution in [2.24, 2.45) is 7.05 Å². The Labute approximate surface area is 170 Å². The molecule has 0 atom stereocenters. The Balaban J connectivity index is 1.70. The second-order valence-electron chi connectivity index (χ2n) is 6.78. The molecule has 0 spiro atoms. The number of benzene rings is 1. The monoisotopic (exact) mass is 435 g/mol. The fraction of sp³-hybridized carbons (Fsp3) is 0.524. The molecular weight excluding hydrogens is 406 g/mol. The van der Waals surface area contributed by atoms with Gasteiger partial charge in [-0.3, -0.25) is 9.48 Å². The molecular formula is C21H30BrN3O2. The number of alkyl halides is 1. The zero-order chi connectivity index (χ0) is 19.5. The molecule has 0 saturated heterocycles. The van der Waals surface area contributed by atoms with Gasteiger partial charge in [-0.15, -0.1) is 0 Å². The average molecular weight is 436 g/mol. The van der Waals surface area contributed by atoms with Crippen LogP contribution in [0.4, 0.5) is 0 Å².